The van der Waals surface area contributed by atoms with Crippen LogP contribution in [0.2, 0.25) is 0 Å². The molecule has 0 heterocycles. The van der Waals surface area contributed by atoms with Crippen LogP contribution in [-0.4, -0.2) is 44.3 Å². The van der Waals surface area contributed by atoms with Crippen molar-refractivity contribution in [3.8, 4) is 0 Å². The van der Waals surface area contributed by atoms with Crippen molar-refractivity contribution in [1.29, 1.82) is 0 Å². The first kappa shape index (κ1) is 16.4. The molecule has 5 nitrogen and oxygen atoms in total. The fourth-order valence-corrected chi connectivity index (χ4v) is 1.12. The van der Waals surface area contributed by atoms with Crippen molar-refractivity contribution >= 4 is 5.97 Å². The van der Waals surface area contributed by atoms with Gasteiger partial charge in [0.15, 0.2) is 6.79 Å². The Balaban J connectivity index is 3.80. The molecule has 0 fully saturated rings. The molecule has 0 aliphatic carbocycles. The van der Waals surface area contributed by atoms with E-state index in [4.69, 9.17) is 14.2 Å². The molecule has 0 radical (unpaired) electrons. The Kier molecular flexibility index (Phi) is 9.03. The Bertz CT molecular complexity index is 203. The van der Waals surface area contributed by atoms with Crippen molar-refractivity contribution in [1.82, 2.24) is 0 Å². The molecule has 0 aromatic rings. The number of hydrogen-bond acceptors (Lipinski definition) is 5. The molecule has 0 N–H and O–H groups in total. The zero-order valence-electron chi connectivity index (χ0n) is 11.4. The van der Waals surface area contributed by atoms with Crippen molar-refractivity contribution in [2.75, 3.05) is 20.0 Å². The fraction of sp³-hybridized carbons (Fsp3) is 0.917. The third-order valence-corrected chi connectivity index (χ3v) is 1.73. The lowest BCUT2D eigenvalue weighted by atomic mass is 10.3. The molecule has 0 spiro atoms. The standard InChI is InChI=1S/C12H24O5/c1-9(2)15-7-12(17-10(3)4)6-14-8-16-11(5)13/h9-10,12H,6-8H2,1-5H3. The summed E-state index contributed by atoms with van der Waals surface area (Å²) in [4.78, 5) is 10.5. The molecule has 102 valence electrons. The van der Waals surface area contributed by atoms with Gasteiger partial charge in [-0.25, -0.2) is 0 Å². The molecule has 0 aliphatic heterocycles. The van der Waals surface area contributed by atoms with E-state index in [1.54, 1.807) is 0 Å². The minimum absolute atomic E-state index is 0.0467. The van der Waals surface area contributed by atoms with Crippen LogP contribution in [0.4, 0.5) is 0 Å². The molecule has 0 aromatic carbocycles. The SMILES string of the molecule is CC(=O)OCOCC(COC(C)C)OC(C)C. The second-order valence-electron chi connectivity index (χ2n) is 4.31. The Hall–Kier alpha value is -0.650. The van der Waals surface area contributed by atoms with Crippen LogP contribution >= 0.6 is 0 Å². The minimum atomic E-state index is -0.357. The second-order valence-corrected chi connectivity index (χ2v) is 4.31. The van der Waals surface area contributed by atoms with E-state index in [9.17, 15) is 4.79 Å². The lowest BCUT2D eigenvalue weighted by Gasteiger charge is -2.21. The van der Waals surface area contributed by atoms with Crippen LogP contribution in [0.25, 0.3) is 0 Å². The first-order valence-corrected chi connectivity index (χ1v) is 5.90. The molecule has 0 amide bonds. The highest BCUT2D eigenvalue weighted by Gasteiger charge is 2.13. The van der Waals surface area contributed by atoms with Gasteiger partial charge in [-0.05, 0) is 27.7 Å². The average Bonchev–Trinajstić information content (AvgIpc) is 2.19. The van der Waals surface area contributed by atoms with Gasteiger partial charge >= 0.3 is 5.97 Å². The molecule has 0 saturated heterocycles. The van der Waals surface area contributed by atoms with Crippen molar-refractivity contribution in [2.45, 2.75) is 52.9 Å². The molecular weight excluding hydrogens is 224 g/mol. The highest BCUT2D eigenvalue weighted by Crippen LogP contribution is 2.02. The number of ether oxygens (including phenoxy) is 4. The van der Waals surface area contributed by atoms with Crippen LogP contribution in [0.3, 0.4) is 0 Å². The summed E-state index contributed by atoms with van der Waals surface area (Å²) in [6.45, 7) is 9.94. The van der Waals surface area contributed by atoms with E-state index in [1.807, 2.05) is 27.7 Å². The first-order chi connectivity index (χ1) is 7.91. The molecule has 5 heteroatoms. The molecule has 17 heavy (non-hydrogen) atoms. The zero-order valence-corrected chi connectivity index (χ0v) is 11.4. The predicted molar refractivity (Wildman–Crippen MR) is 63.7 cm³/mol. The fourth-order valence-electron chi connectivity index (χ4n) is 1.12. The number of carbonyl (C=O) groups excluding carboxylic acids is 1. The van der Waals surface area contributed by atoms with Gasteiger partial charge in [0.1, 0.15) is 6.10 Å². The van der Waals surface area contributed by atoms with Gasteiger partial charge in [-0.2, -0.15) is 0 Å². The number of rotatable bonds is 9. The lowest BCUT2D eigenvalue weighted by molar-refractivity contribution is -0.160. The maximum atomic E-state index is 10.5. The minimum Gasteiger partial charge on any atom is -0.439 e. The summed E-state index contributed by atoms with van der Waals surface area (Å²) < 4.78 is 20.9. The van der Waals surface area contributed by atoms with Gasteiger partial charge < -0.3 is 18.9 Å². The van der Waals surface area contributed by atoms with Crippen molar-refractivity contribution in [3.63, 3.8) is 0 Å². The van der Waals surface area contributed by atoms with Gasteiger partial charge in [-0.1, -0.05) is 0 Å². The maximum Gasteiger partial charge on any atom is 0.304 e. The summed E-state index contributed by atoms with van der Waals surface area (Å²) in [7, 11) is 0. The molecule has 0 aromatic heterocycles. The molecule has 1 unspecified atom stereocenters. The molecule has 0 rings (SSSR count). The van der Waals surface area contributed by atoms with E-state index in [2.05, 4.69) is 4.74 Å². The Morgan fingerprint density at radius 2 is 1.71 bits per heavy atom. The summed E-state index contributed by atoms with van der Waals surface area (Å²) >= 11 is 0. The van der Waals surface area contributed by atoms with E-state index >= 15 is 0 Å². The van der Waals surface area contributed by atoms with Crippen molar-refractivity contribution < 1.29 is 23.7 Å². The summed E-state index contributed by atoms with van der Waals surface area (Å²) in [6.07, 6.45) is 0.114. The smallest absolute Gasteiger partial charge is 0.304 e. The summed E-state index contributed by atoms with van der Waals surface area (Å²) in [5.74, 6) is -0.357. The van der Waals surface area contributed by atoms with Crippen LogP contribution in [0.1, 0.15) is 34.6 Å². The van der Waals surface area contributed by atoms with E-state index in [0.29, 0.717) is 13.2 Å². The van der Waals surface area contributed by atoms with Crippen LogP contribution in [-0.2, 0) is 23.7 Å². The van der Waals surface area contributed by atoms with E-state index in [1.165, 1.54) is 6.92 Å². The van der Waals surface area contributed by atoms with Gasteiger partial charge in [-0.15, -0.1) is 0 Å². The lowest BCUT2D eigenvalue weighted by Crippen LogP contribution is -2.30. The summed E-state index contributed by atoms with van der Waals surface area (Å²) in [5, 5.41) is 0. The van der Waals surface area contributed by atoms with Crippen LogP contribution < -0.4 is 0 Å². The van der Waals surface area contributed by atoms with E-state index in [-0.39, 0.29) is 31.1 Å². The number of carbonyl (C=O) groups is 1. The van der Waals surface area contributed by atoms with Gasteiger partial charge in [0.05, 0.1) is 25.4 Å². The van der Waals surface area contributed by atoms with Gasteiger partial charge in [0, 0.05) is 6.92 Å². The first-order valence-electron chi connectivity index (χ1n) is 5.90. The van der Waals surface area contributed by atoms with Gasteiger partial charge in [0.2, 0.25) is 0 Å². The van der Waals surface area contributed by atoms with Crippen LogP contribution in [0.15, 0.2) is 0 Å². The van der Waals surface area contributed by atoms with Crippen LogP contribution in [0.5, 0.6) is 0 Å². The van der Waals surface area contributed by atoms with Gasteiger partial charge in [0.25, 0.3) is 0 Å². The summed E-state index contributed by atoms with van der Waals surface area (Å²) in [5.41, 5.74) is 0. The van der Waals surface area contributed by atoms with Crippen molar-refractivity contribution in [2.24, 2.45) is 0 Å². The Morgan fingerprint density at radius 1 is 1.06 bits per heavy atom. The predicted octanol–water partition coefficient (Wildman–Crippen LogP) is 1.74. The monoisotopic (exact) mass is 248 g/mol. The van der Waals surface area contributed by atoms with E-state index < -0.39 is 0 Å². The van der Waals surface area contributed by atoms with Crippen LogP contribution in [0, 0.1) is 0 Å². The quantitative estimate of drug-likeness (QED) is 0.353. The summed E-state index contributed by atoms with van der Waals surface area (Å²) in [6, 6.07) is 0. The highest BCUT2D eigenvalue weighted by atomic mass is 16.7. The molecule has 0 bridgehead atoms. The molecular formula is C12H24O5. The number of esters is 1. The van der Waals surface area contributed by atoms with Gasteiger partial charge in [-0.3, -0.25) is 4.79 Å². The Labute approximate surface area is 103 Å². The molecule has 0 aliphatic rings. The highest BCUT2D eigenvalue weighted by molar-refractivity contribution is 5.65. The molecule has 1 atom stereocenters. The van der Waals surface area contributed by atoms with Crippen molar-refractivity contribution in [3.05, 3.63) is 0 Å². The third-order valence-electron chi connectivity index (χ3n) is 1.73. The van der Waals surface area contributed by atoms with E-state index in [0.717, 1.165) is 0 Å². The largest absolute Gasteiger partial charge is 0.439 e. The molecule has 0 saturated carbocycles. The topological polar surface area (TPSA) is 54.0 Å². The third kappa shape index (κ3) is 11.6. The normalized spacial score (nSPS) is 13.1. The zero-order chi connectivity index (χ0) is 13.3. The maximum absolute atomic E-state index is 10.5. The Morgan fingerprint density at radius 3 is 2.18 bits per heavy atom. The number of hydrogen-bond donors (Lipinski definition) is 0. The average molecular weight is 248 g/mol. The second kappa shape index (κ2) is 9.39.